The lowest BCUT2D eigenvalue weighted by Crippen LogP contribution is -2.43. The van der Waals surface area contributed by atoms with E-state index in [4.69, 9.17) is 29.3 Å². The van der Waals surface area contributed by atoms with Crippen LogP contribution in [0.15, 0.2) is 24.5 Å². The van der Waals surface area contributed by atoms with Crippen LogP contribution in [0, 0.1) is 0 Å². The number of alkyl halides is 6. The van der Waals surface area contributed by atoms with E-state index in [0.717, 1.165) is 26.1 Å². The van der Waals surface area contributed by atoms with E-state index >= 15 is 0 Å². The highest BCUT2D eigenvalue weighted by atomic mass is 19.4. The lowest BCUT2D eigenvalue weighted by Gasteiger charge is -2.30. The highest BCUT2D eigenvalue weighted by molar-refractivity contribution is 5.73. The fourth-order valence-electron chi connectivity index (χ4n) is 3.42. The van der Waals surface area contributed by atoms with E-state index in [1.165, 1.54) is 18.4 Å². The average Bonchev–Trinajstić information content (AvgIpc) is 3.05. The van der Waals surface area contributed by atoms with Crippen molar-refractivity contribution in [3.63, 3.8) is 0 Å². The number of nitrogens with zero attached hydrogens (tertiary/aromatic N) is 2. The number of carboxylic acids is 2. The van der Waals surface area contributed by atoms with Crippen molar-refractivity contribution in [2.24, 2.45) is 0 Å². The third kappa shape index (κ3) is 10.2. The number of rotatable bonds is 5. The summed E-state index contributed by atoms with van der Waals surface area (Å²) >= 11 is 0. The first kappa shape index (κ1) is 29.6. The van der Waals surface area contributed by atoms with Crippen LogP contribution in [0.25, 0.3) is 0 Å². The Kier molecular flexibility index (Phi) is 11.7. The Morgan fingerprint density at radius 3 is 2.09 bits per heavy atom. The van der Waals surface area contributed by atoms with Gasteiger partial charge in [0.25, 0.3) is 0 Å². The highest BCUT2D eigenvalue weighted by Gasteiger charge is 2.42. The van der Waals surface area contributed by atoms with Crippen LogP contribution < -0.4 is 0 Å². The summed E-state index contributed by atoms with van der Waals surface area (Å²) in [5, 5.41) is 14.2. The molecule has 1 saturated heterocycles. The number of hydrogen-bond donors (Lipinski definition) is 2. The number of aromatic nitrogens is 1. The molecule has 194 valence electrons. The van der Waals surface area contributed by atoms with Crippen LogP contribution in [0.4, 0.5) is 26.3 Å². The first-order valence-corrected chi connectivity index (χ1v) is 10.2. The SMILES string of the molecule is CCCN1CCOC2CCC1C2OCc1ccncc1.O=C(O)C(F)(F)F.O=C(O)C(F)(F)F. The molecule has 0 amide bonds. The van der Waals surface area contributed by atoms with E-state index in [-0.39, 0.29) is 12.2 Å². The van der Waals surface area contributed by atoms with Gasteiger partial charge in [-0.05, 0) is 43.5 Å². The maximum atomic E-state index is 10.6. The van der Waals surface area contributed by atoms with E-state index < -0.39 is 24.3 Å². The zero-order valence-electron chi connectivity index (χ0n) is 18.2. The molecule has 2 aliphatic rings. The summed E-state index contributed by atoms with van der Waals surface area (Å²) in [5.41, 5.74) is 1.19. The summed E-state index contributed by atoms with van der Waals surface area (Å²) in [4.78, 5) is 24.4. The van der Waals surface area contributed by atoms with Crippen LogP contribution in [0.2, 0.25) is 0 Å². The predicted octanol–water partition coefficient (Wildman–Crippen LogP) is 3.51. The number of ether oxygens (including phenoxy) is 2. The second-order valence-electron chi connectivity index (χ2n) is 7.33. The van der Waals surface area contributed by atoms with Gasteiger partial charge in [0.1, 0.15) is 0 Å². The average molecular weight is 504 g/mol. The van der Waals surface area contributed by atoms with Crippen molar-refractivity contribution in [1.29, 1.82) is 0 Å². The molecule has 2 bridgehead atoms. The lowest BCUT2D eigenvalue weighted by atomic mass is 10.1. The number of fused-ring (bicyclic) bond motifs is 2. The first-order valence-electron chi connectivity index (χ1n) is 10.2. The van der Waals surface area contributed by atoms with Crippen molar-refractivity contribution in [3.05, 3.63) is 30.1 Å². The van der Waals surface area contributed by atoms with Gasteiger partial charge in [-0.25, -0.2) is 9.59 Å². The number of carboxylic acid groups (broad SMARTS) is 2. The highest BCUT2D eigenvalue weighted by Crippen LogP contribution is 2.32. The van der Waals surface area contributed by atoms with E-state index in [1.54, 1.807) is 0 Å². The second kappa shape index (κ2) is 13.4. The third-order valence-electron chi connectivity index (χ3n) is 4.86. The van der Waals surface area contributed by atoms with Gasteiger partial charge in [0.05, 0.1) is 25.4 Å². The Morgan fingerprint density at radius 1 is 1.09 bits per heavy atom. The van der Waals surface area contributed by atoms with Gasteiger partial charge in [0.2, 0.25) is 0 Å². The van der Waals surface area contributed by atoms with Gasteiger partial charge >= 0.3 is 24.3 Å². The van der Waals surface area contributed by atoms with Crippen LogP contribution in [-0.2, 0) is 25.7 Å². The van der Waals surface area contributed by atoms with Gasteiger partial charge in [-0.1, -0.05) is 6.92 Å². The van der Waals surface area contributed by atoms with Gasteiger partial charge in [0.15, 0.2) is 0 Å². The van der Waals surface area contributed by atoms with Gasteiger partial charge in [0, 0.05) is 25.0 Å². The van der Waals surface area contributed by atoms with E-state index in [2.05, 4.69) is 16.8 Å². The number of hydrogen-bond acceptors (Lipinski definition) is 6. The molecule has 14 heteroatoms. The standard InChI is InChI=1S/C16H24N2O2.2C2HF3O2/c1-2-9-18-10-11-19-15-4-3-14(18)16(15)20-12-13-5-7-17-8-6-13;2*3-2(4,5)1(6)7/h5-8,14-16H,2-4,9-12H2,1H3;2*(H,6,7). The normalized spacial score (nSPS) is 22.5. The monoisotopic (exact) mass is 504 g/mol. The van der Waals surface area contributed by atoms with Crippen LogP contribution >= 0.6 is 0 Å². The maximum absolute atomic E-state index is 10.6. The molecule has 0 radical (unpaired) electrons. The van der Waals surface area contributed by atoms with Crippen molar-refractivity contribution in [2.75, 3.05) is 19.7 Å². The third-order valence-corrected chi connectivity index (χ3v) is 4.86. The maximum Gasteiger partial charge on any atom is 0.490 e. The predicted molar refractivity (Wildman–Crippen MR) is 105 cm³/mol. The Labute approximate surface area is 191 Å². The van der Waals surface area contributed by atoms with Gasteiger partial charge in [-0.3, -0.25) is 9.88 Å². The summed E-state index contributed by atoms with van der Waals surface area (Å²) in [6.45, 7) is 5.94. The molecule has 1 aliphatic heterocycles. The van der Waals surface area contributed by atoms with E-state index in [1.807, 2.05) is 24.5 Å². The zero-order valence-corrected chi connectivity index (χ0v) is 18.2. The van der Waals surface area contributed by atoms with Gasteiger partial charge in [-0.2, -0.15) is 26.3 Å². The molecule has 3 unspecified atom stereocenters. The smallest absolute Gasteiger partial charge is 0.475 e. The first-order chi connectivity index (χ1) is 15.8. The van der Waals surface area contributed by atoms with Crippen LogP contribution in [0.3, 0.4) is 0 Å². The van der Waals surface area contributed by atoms with E-state index in [9.17, 15) is 26.3 Å². The molecule has 1 aromatic heterocycles. The molecule has 3 rings (SSSR count). The minimum atomic E-state index is -5.08. The van der Waals surface area contributed by atoms with Crippen LogP contribution in [-0.4, -0.2) is 82.3 Å². The summed E-state index contributed by atoms with van der Waals surface area (Å²) in [6, 6.07) is 4.57. The number of aliphatic carboxylic acids is 2. The lowest BCUT2D eigenvalue weighted by molar-refractivity contribution is -0.193. The molecule has 0 aromatic carbocycles. The molecule has 3 atom stereocenters. The van der Waals surface area contributed by atoms with Crippen molar-refractivity contribution in [2.45, 2.75) is 63.4 Å². The second-order valence-corrected chi connectivity index (χ2v) is 7.33. The molecule has 2 heterocycles. The largest absolute Gasteiger partial charge is 0.490 e. The quantitative estimate of drug-likeness (QED) is 0.587. The summed E-state index contributed by atoms with van der Waals surface area (Å²) in [5.74, 6) is -5.51. The van der Waals surface area contributed by atoms with E-state index in [0.29, 0.717) is 12.6 Å². The Morgan fingerprint density at radius 2 is 1.62 bits per heavy atom. The Bertz CT molecular complexity index is 738. The molecule has 2 N–H and O–H groups in total. The van der Waals surface area contributed by atoms with Gasteiger partial charge < -0.3 is 19.7 Å². The fourth-order valence-corrected chi connectivity index (χ4v) is 3.42. The van der Waals surface area contributed by atoms with Crippen molar-refractivity contribution in [1.82, 2.24) is 9.88 Å². The summed E-state index contributed by atoms with van der Waals surface area (Å²) < 4.78 is 75.7. The minimum absolute atomic E-state index is 0.220. The number of carbonyl (C=O) groups is 2. The molecule has 1 aliphatic carbocycles. The molecule has 34 heavy (non-hydrogen) atoms. The van der Waals surface area contributed by atoms with Crippen LogP contribution in [0.1, 0.15) is 31.7 Å². The van der Waals surface area contributed by atoms with Gasteiger partial charge in [-0.15, -0.1) is 0 Å². The summed E-state index contributed by atoms with van der Waals surface area (Å²) in [6.07, 6.45) is -2.50. The Hall–Kier alpha value is -2.45. The van der Waals surface area contributed by atoms with Crippen LogP contribution in [0.5, 0.6) is 0 Å². The number of pyridine rings is 1. The molecular weight excluding hydrogens is 478 g/mol. The molecule has 0 spiro atoms. The molecule has 1 saturated carbocycles. The topological polar surface area (TPSA) is 109 Å². The number of halogens is 6. The summed E-state index contributed by atoms with van der Waals surface area (Å²) in [7, 11) is 0. The zero-order chi connectivity index (χ0) is 25.9. The van der Waals surface area contributed by atoms with Crippen molar-refractivity contribution in [3.8, 4) is 0 Å². The fraction of sp³-hybridized carbons (Fsp3) is 0.650. The minimum Gasteiger partial charge on any atom is -0.475 e. The van der Waals surface area contributed by atoms with Crippen molar-refractivity contribution < 1.29 is 55.6 Å². The Balaban J connectivity index is 0.000000343. The molecule has 2 fully saturated rings. The molecule has 1 aromatic rings. The van der Waals surface area contributed by atoms with Crippen molar-refractivity contribution >= 4 is 11.9 Å². The molecular formula is C20H26F6N2O6. The molecule has 8 nitrogen and oxygen atoms in total.